The maximum Gasteiger partial charge on any atom is 0.416 e. The molecule has 0 spiro atoms. The molecule has 0 saturated heterocycles. The fourth-order valence-corrected chi connectivity index (χ4v) is 3.29. The summed E-state index contributed by atoms with van der Waals surface area (Å²) >= 11 is 0. The molecule has 4 nitrogen and oxygen atoms in total. The Morgan fingerprint density at radius 1 is 1.16 bits per heavy atom. The lowest BCUT2D eigenvalue weighted by atomic mass is 10.2. The van der Waals surface area contributed by atoms with E-state index in [1.807, 2.05) is 37.4 Å². The summed E-state index contributed by atoms with van der Waals surface area (Å²) < 4.78 is 54.5. The van der Waals surface area contributed by atoms with Crippen molar-refractivity contribution in [2.24, 2.45) is 0 Å². The van der Waals surface area contributed by atoms with E-state index in [0.29, 0.717) is 11.4 Å². The summed E-state index contributed by atoms with van der Waals surface area (Å²) in [7, 11) is -1.59. The third-order valence-electron chi connectivity index (χ3n) is 3.79. The highest BCUT2D eigenvalue weighted by Crippen LogP contribution is 2.29. The molecule has 0 aliphatic rings. The van der Waals surface area contributed by atoms with E-state index in [4.69, 9.17) is 0 Å². The highest BCUT2D eigenvalue weighted by atomic mass is 32.2. The van der Waals surface area contributed by atoms with Gasteiger partial charge in [-0.15, -0.1) is 0 Å². The molecule has 0 aliphatic heterocycles. The van der Waals surface area contributed by atoms with Crippen molar-refractivity contribution >= 4 is 21.9 Å². The Labute approximate surface area is 145 Å². The minimum absolute atomic E-state index is 0.0641. The van der Waals surface area contributed by atoms with Crippen LogP contribution in [0.15, 0.2) is 59.6 Å². The maximum atomic E-state index is 12.5. The van der Waals surface area contributed by atoms with Crippen LogP contribution >= 0.6 is 0 Å². The molecule has 25 heavy (non-hydrogen) atoms. The number of aromatic nitrogens is 2. The number of hydrogen-bond acceptors (Lipinski definition) is 2. The Balaban J connectivity index is 1.63. The molecule has 2 aromatic carbocycles. The molecule has 1 heterocycles. The molecule has 132 valence electrons. The van der Waals surface area contributed by atoms with Gasteiger partial charge in [0.15, 0.2) is 0 Å². The van der Waals surface area contributed by atoms with E-state index >= 15 is 0 Å². The van der Waals surface area contributed by atoms with Gasteiger partial charge in [0.25, 0.3) is 0 Å². The van der Waals surface area contributed by atoms with Crippen molar-refractivity contribution in [1.29, 1.82) is 0 Å². The van der Waals surface area contributed by atoms with Crippen molar-refractivity contribution in [3.05, 3.63) is 60.3 Å². The lowest BCUT2D eigenvalue weighted by Crippen LogP contribution is -2.25. The molecule has 1 aromatic heterocycles. The van der Waals surface area contributed by atoms with E-state index in [9.17, 15) is 17.4 Å². The van der Waals surface area contributed by atoms with Crippen LogP contribution in [0.5, 0.6) is 0 Å². The van der Waals surface area contributed by atoms with Crippen molar-refractivity contribution < 1.29 is 17.4 Å². The van der Waals surface area contributed by atoms with Gasteiger partial charge >= 0.3 is 6.18 Å². The third kappa shape index (κ3) is 4.08. The maximum absolute atomic E-state index is 12.5. The van der Waals surface area contributed by atoms with Crippen LogP contribution in [-0.4, -0.2) is 20.5 Å². The van der Waals surface area contributed by atoms with Crippen LogP contribution in [0.4, 0.5) is 13.2 Å². The molecular formula is C17H16F3N3OS. The van der Waals surface area contributed by atoms with E-state index < -0.39 is 22.7 Å². The number of halogens is 3. The normalized spacial score (nSPS) is 14.6. The Morgan fingerprint density at radius 3 is 2.48 bits per heavy atom. The van der Waals surface area contributed by atoms with Gasteiger partial charge in [0.05, 0.1) is 22.0 Å². The summed E-state index contributed by atoms with van der Waals surface area (Å²) in [5.74, 6) is 0. The van der Waals surface area contributed by atoms with E-state index in [1.54, 1.807) is 4.68 Å². The molecule has 0 aliphatic carbocycles. The number of nitrogens with zero attached hydrogens (tertiary/aromatic N) is 2. The predicted molar refractivity (Wildman–Crippen MR) is 90.3 cm³/mol. The minimum Gasteiger partial charge on any atom is -0.267 e. The minimum atomic E-state index is -4.40. The zero-order chi connectivity index (χ0) is 18.0. The van der Waals surface area contributed by atoms with Gasteiger partial charge in [0.1, 0.15) is 11.0 Å². The van der Waals surface area contributed by atoms with E-state index in [2.05, 4.69) is 9.82 Å². The second-order valence-electron chi connectivity index (χ2n) is 5.66. The fraction of sp³-hybridized carbons (Fsp3) is 0.235. The summed E-state index contributed by atoms with van der Waals surface area (Å²) in [6, 6.07) is 11.9. The molecule has 0 saturated carbocycles. The molecule has 8 heteroatoms. The number of rotatable bonds is 5. The number of nitrogens with one attached hydrogen (secondary N) is 1. The quantitative estimate of drug-likeness (QED) is 0.743. The molecule has 0 amide bonds. The van der Waals surface area contributed by atoms with Crippen LogP contribution in [0.3, 0.4) is 0 Å². The second kappa shape index (κ2) is 6.97. The van der Waals surface area contributed by atoms with Crippen molar-refractivity contribution in [2.45, 2.75) is 24.0 Å². The van der Waals surface area contributed by atoms with Crippen molar-refractivity contribution in [1.82, 2.24) is 14.5 Å². The largest absolute Gasteiger partial charge is 0.416 e. The van der Waals surface area contributed by atoms with E-state index in [0.717, 1.165) is 23.0 Å². The molecule has 1 N–H and O–H groups in total. The monoisotopic (exact) mass is 367 g/mol. The van der Waals surface area contributed by atoms with Crippen molar-refractivity contribution in [3.63, 3.8) is 0 Å². The van der Waals surface area contributed by atoms with E-state index in [1.165, 1.54) is 12.1 Å². The fourth-order valence-electron chi connectivity index (χ4n) is 2.35. The van der Waals surface area contributed by atoms with E-state index in [-0.39, 0.29) is 6.04 Å². The average molecular weight is 367 g/mol. The first-order valence-corrected chi connectivity index (χ1v) is 8.76. The summed E-state index contributed by atoms with van der Waals surface area (Å²) in [6.07, 6.45) is -2.49. The van der Waals surface area contributed by atoms with Gasteiger partial charge in [0.2, 0.25) is 0 Å². The molecular weight excluding hydrogens is 351 g/mol. The number of benzene rings is 2. The van der Waals surface area contributed by atoms with Gasteiger partial charge in [-0.2, -0.15) is 18.3 Å². The Bertz CT molecular complexity index is 857. The zero-order valence-electron chi connectivity index (χ0n) is 13.3. The highest BCUT2D eigenvalue weighted by Gasteiger charge is 2.30. The van der Waals surface area contributed by atoms with Gasteiger partial charge in [-0.25, -0.2) is 8.93 Å². The lowest BCUT2D eigenvalue weighted by Gasteiger charge is -2.13. The third-order valence-corrected chi connectivity index (χ3v) is 4.92. The average Bonchev–Trinajstić information content (AvgIpc) is 3.03. The first kappa shape index (κ1) is 17.6. The van der Waals surface area contributed by atoms with Crippen molar-refractivity contribution in [3.8, 4) is 0 Å². The van der Waals surface area contributed by atoms with Crippen LogP contribution in [0, 0.1) is 0 Å². The molecule has 2 unspecified atom stereocenters. The summed E-state index contributed by atoms with van der Waals surface area (Å²) in [5, 5.41) is 5.47. The highest BCUT2D eigenvalue weighted by molar-refractivity contribution is 7.83. The molecule has 0 bridgehead atoms. The first-order chi connectivity index (χ1) is 11.8. The Kier molecular flexibility index (Phi) is 4.91. The topological polar surface area (TPSA) is 46.9 Å². The van der Waals surface area contributed by atoms with Crippen LogP contribution in [0.1, 0.15) is 18.5 Å². The number of fused-ring (bicyclic) bond motifs is 1. The molecule has 2 atom stereocenters. The van der Waals surface area contributed by atoms with Crippen LogP contribution in [0.25, 0.3) is 10.9 Å². The van der Waals surface area contributed by atoms with Gasteiger partial charge in [-0.3, -0.25) is 4.68 Å². The molecule has 3 rings (SSSR count). The number of hydrogen-bond donors (Lipinski definition) is 1. The molecule has 3 aromatic rings. The van der Waals surface area contributed by atoms with Crippen LogP contribution in [0.2, 0.25) is 0 Å². The van der Waals surface area contributed by atoms with Crippen LogP contribution in [-0.2, 0) is 17.2 Å². The SMILES string of the molecule is CC(CNS(=O)c1ccc(C(F)(F)F)cc1)n1cc2ccccc2n1. The smallest absolute Gasteiger partial charge is 0.267 e. The first-order valence-electron chi connectivity index (χ1n) is 7.61. The Morgan fingerprint density at radius 2 is 1.84 bits per heavy atom. The zero-order valence-corrected chi connectivity index (χ0v) is 14.1. The van der Waals surface area contributed by atoms with Crippen molar-refractivity contribution in [2.75, 3.05) is 6.54 Å². The molecule has 0 radical (unpaired) electrons. The summed E-state index contributed by atoms with van der Waals surface area (Å²) in [5.41, 5.74) is 0.114. The summed E-state index contributed by atoms with van der Waals surface area (Å²) in [6.45, 7) is 2.28. The van der Waals surface area contributed by atoms with Crippen LogP contribution < -0.4 is 4.72 Å². The lowest BCUT2D eigenvalue weighted by molar-refractivity contribution is -0.137. The van der Waals surface area contributed by atoms with Gasteiger partial charge in [-0.05, 0) is 37.3 Å². The standard InChI is InChI=1S/C17H16F3N3OS/c1-12(23-11-13-4-2-3-5-16(13)22-23)10-21-25(24)15-8-6-14(7-9-15)17(18,19)20/h2-9,11-12,21H,10H2,1H3. The van der Waals surface area contributed by atoms with Gasteiger partial charge < -0.3 is 0 Å². The molecule has 0 fully saturated rings. The Hall–Kier alpha value is -2.19. The second-order valence-corrected chi connectivity index (χ2v) is 6.95. The number of alkyl halides is 3. The van der Waals surface area contributed by atoms with Gasteiger partial charge in [-0.1, -0.05) is 18.2 Å². The predicted octanol–water partition coefficient (Wildman–Crippen LogP) is 3.93. The summed E-state index contributed by atoms with van der Waals surface area (Å²) in [4.78, 5) is 0.297. The van der Waals surface area contributed by atoms with Gasteiger partial charge in [0, 0.05) is 18.1 Å².